The van der Waals surface area contributed by atoms with Crippen LogP contribution in [0.3, 0.4) is 0 Å². The molecule has 0 bridgehead atoms. The first-order valence-electron chi connectivity index (χ1n) is 19.8. The number of thiophene rings is 4. The summed E-state index contributed by atoms with van der Waals surface area (Å²) in [6.45, 7) is 14.7. The molecule has 0 atom stereocenters. The summed E-state index contributed by atoms with van der Waals surface area (Å²) in [6, 6.07) is 60.1. The van der Waals surface area contributed by atoms with E-state index in [9.17, 15) is 0 Å². The molecular formula is C56H42Br2MgS4. The van der Waals surface area contributed by atoms with E-state index in [-0.39, 0.29) is 25.9 Å². The standard InChI is InChI=1S/3C14H10S.C12H7BrS.C2H3Br.Mg.2H/c3*1-2-10-7-8-12-11-5-3-4-6-13(11)15-14(12)9-10;13-8-5-6-10-9-3-1-2-4-11(9)14-12(10)7-8;1-2-3;;;/h3*2-9H,1H2;1-7H;2H,1H2;;;/q;;;;;+2;2*-1. The minimum Gasteiger partial charge on any atom is -1.00 e. The Morgan fingerprint density at radius 1 is 0.333 bits per heavy atom. The van der Waals surface area contributed by atoms with E-state index in [0.717, 1.165) is 4.47 Å². The van der Waals surface area contributed by atoms with Gasteiger partial charge < -0.3 is 2.85 Å². The quantitative estimate of drug-likeness (QED) is 0.155. The molecule has 0 saturated heterocycles. The second kappa shape index (κ2) is 21.8. The molecule has 0 amide bonds. The second-order valence-electron chi connectivity index (χ2n) is 14.1. The molecule has 0 nitrogen and oxygen atoms in total. The zero-order valence-electron chi connectivity index (χ0n) is 36.4. The third-order valence-electron chi connectivity index (χ3n) is 10.3. The molecule has 8 aromatic carbocycles. The van der Waals surface area contributed by atoms with E-state index in [4.69, 9.17) is 0 Å². The van der Waals surface area contributed by atoms with Crippen LogP contribution in [-0.4, -0.2) is 23.1 Å². The maximum atomic E-state index is 3.80. The molecule has 0 spiro atoms. The molecule has 4 heterocycles. The Kier molecular flexibility index (Phi) is 16.0. The van der Waals surface area contributed by atoms with Gasteiger partial charge in [-0.2, -0.15) is 0 Å². The van der Waals surface area contributed by atoms with E-state index in [1.165, 1.54) is 97.4 Å². The Labute approximate surface area is 420 Å². The van der Waals surface area contributed by atoms with Crippen LogP contribution < -0.4 is 0 Å². The van der Waals surface area contributed by atoms with E-state index < -0.39 is 0 Å². The monoisotopic (exact) mass is 1020 g/mol. The van der Waals surface area contributed by atoms with Crippen LogP contribution in [0.1, 0.15) is 19.5 Å². The maximum absolute atomic E-state index is 3.80. The van der Waals surface area contributed by atoms with Gasteiger partial charge in [-0.15, -0.1) is 45.3 Å². The van der Waals surface area contributed by atoms with Gasteiger partial charge in [-0.05, 0) is 76.3 Å². The molecule has 12 rings (SSSR count). The van der Waals surface area contributed by atoms with Gasteiger partial charge in [-0.25, -0.2) is 0 Å². The summed E-state index contributed by atoms with van der Waals surface area (Å²) in [5, 5.41) is 10.8. The van der Waals surface area contributed by atoms with Crippen molar-refractivity contribution in [2.75, 3.05) is 0 Å². The van der Waals surface area contributed by atoms with Crippen molar-refractivity contribution in [1.82, 2.24) is 0 Å². The Balaban J connectivity index is 0.000000157. The summed E-state index contributed by atoms with van der Waals surface area (Å²) in [4.78, 5) is 1.56. The van der Waals surface area contributed by atoms with Gasteiger partial charge in [0, 0.05) is 85.2 Å². The van der Waals surface area contributed by atoms with Crippen LogP contribution in [0.5, 0.6) is 0 Å². The van der Waals surface area contributed by atoms with Crippen molar-refractivity contribution < 1.29 is 2.85 Å². The minimum atomic E-state index is 0. The van der Waals surface area contributed by atoms with Gasteiger partial charge in [-0.3, -0.25) is 0 Å². The molecule has 306 valence electrons. The van der Waals surface area contributed by atoms with Crippen LogP contribution in [0.25, 0.3) is 98.9 Å². The largest absolute Gasteiger partial charge is 2.00 e. The summed E-state index contributed by atoms with van der Waals surface area (Å²) in [5.74, 6) is 0. The molecule has 7 heteroatoms. The molecule has 0 N–H and O–H groups in total. The molecule has 0 aliphatic rings. The average molecular weight is 1030 g/mol. The third-order valence-corrected chi connectivity index (χ3v) is 15.3. The SMILES string of the molecule is Brc1ccc2c(c1)sc1ccccc12.C=CBr.C=Cc1ccc2c(c1)sc1ccccc12.C=Cc1ccc2c(c1)sc1ccccc12.C=Cc1ccc2c(c1)sc1ccccc12.[H-].[H-].[Mg+2]. The van der Waals surface area contributed by atoms with E-state index >= 15 is 0 Å². The molecule has 63 heavy (non-hydrogen) atoms. The number of fused-ring (bicyclic) bond motifs is 12. The van der Waals surface area contributed by atoms with Crippen LogP contribution in [0.2, 0.25) is 0 Å². The van der Waals surface area contributed by atoms with Crippen molar-refractivity contribution >= 4 is 199 Å². The van der Waals surface area contributed by atoms with Crippen LogP contribution >= 0.6 is 77.2 Å². The summed E-state index contributed by atoms with van der Waals surface area (Å²) in [7, 11) is 0. The van der Waals surface area contributed by atoms with Gasteiger partial charge >= 0.3 is 23.1 Å². The molecule has 0 saturated carbocycles. The Morgan fingerprint density at radius 2 is 0.571 bits per heavy atom. The van der Waals surface area contributed by atoms with Gasteiger partial charge in [-0.1, -0.05) is 192 Å². The topological polar surface area (TPSA) is 0 Å². The number of halogens is 2. The van der Waals surface area contributed by atoms with Crippen LogP contribution in [0.4, 0.5) is 0 Å². The van der Waals surface area contributed by atoms with Crippen molar-refractivity contribution in [3.8, 4) is 0 Å². The first-order chi connectivity index (χ1) is 30.4. The fraction of sp³-hybridized carbons (Fsp3) is 0. The van der Waals surface area contributed by atoms with Gasteiger partial charge in [0.05, 0.1) is 0 Å². The van der Waals surface area contributed by atoms with Gasteiger partial charge in [0.1, 0.15) is 0 Å². The van der Waals surface area contributed by atoms with Gasteiger partial charge in [0.2, 0.25) is 0 Å². The number of hydrogen-bond acceptors (Lipinski definition) is 4. The van der Waals surface area contributed by atoms with Gasteiger partial charge in [0.25, 0.3) is 0 Å². The van der Waals surface area contributed by atoms with E-state index in [1.54, 1.807) is 4.99 Å². The maximum Gasteiger partial charge on any atom is 2.00 e. The normalized spacial score (nSPS) is 10.5. The molecule has 0 fully saturated rings. The Bertz CT molecular complexity index is 3280. The summed E-state index contributed by atoms with van der Waals surface area (Å²) in [6.07, 6.45) is 5.68. The minimum absolute atomic E-state index is 0. The second-order valence-corrected chi connectivity index (χ2v) is 20.0. The van der Waals surface area contributed by atoms with Crippen molar-refractivity contribution in [2.45, 2.75) is 0 Å². The number of hydrogen-bond donors (Lipinski definition) is 0. The average Bonchev–Trinajstić information content (AvgIpc) is 4.08. The molecular weight excluding hydrogens is 985 g/mol. The number of benzene rings is 8. The molecule has 4 aromatic heterocycles. The van der Waals surface area contributed by atoms with E-state index in [1.807, 2.05) is 63.6 Å². The van der Waals surface area contributed by atoms with Crippen molar-refractivity contribution in [3.63, 3.8) is 0 Å². The van der Waals surface area contributed by atoms with Crippen LogP contribution in [0.15, 0.2) is 206 Å². The van der Waals surface area contributed by atoms with Gasteiger partial charge in [0.15, 0.2) is 0 Å². The fourth-order valence-corrected chi connectivity index (χ4v) is 12.4. The van der Waals surface area contributed by atoms with Crippen molar-refractivity contribution in [2.24, 2.45) is 0 Å². The zero-order chi connectivity index (χ0) is 43.0. The molecule has 0 aliphatic heterocycles. The zero-order valence-corrected chi connectivity index (χ0v) is 42.3. The van der Waals surface area contributed by atoms with Crippen molar-refractivity contribution in [1.29, 1.82) is 0 Å². The first kappa shape index (κ1) is 46.3. The van der Waals surface area contributed by atoms with Crippen LogP contribution in [-0.2, 0) is 0 Å². The molecule has 12 aromatic rings. The first-order valence-corrected chi connectivity index (χ1v) is 24.8. The predicted octanol–water partition coefficient (Wildman–Crippen LogP) is 20.3. The summed E-state index contributed by atoms with van der Waals surface area (Å²) >= 11 is 13.8. The van der Waals surface area contributed by atoms with E-state index in [0.29, 0.717) is 0 Å². The van der Waals surface area contributed by atoms with Crippen LogP contribution in [0, 0.1) is 0 Å². The molecule has 0 radical (unpaired) electrons. The molecule has 0 unspecified atom stereocenters. The third kappa shape index (κ3) is 10.5. The van der Waals surface area contributed by atoms with E-state index in [2.05, 4.69) is 228 Å². The summed E-state index contributed by atoms with van der Waals surface area (Å²) in [5.41, 5.74) is 3.57. The summed E-state index contributed by atoms with van der Waals surface area (Å²) < 4.78 is 11.9. The Morgan fingerprint density at radius 3 is 0.857 bits per heavy atom. The predicted molar refractivity (Wildman–Crippen MR) is 302 cm³/mol. The fourth-order valence-electron chi connectivity index (χ4n) is 7.31. The van der Waals surface area contributed by atoms with Crippen molar-refractivity contribution in [3.05, 3.63) is 222 Å². The Hall–Kier alpha value is -4.67. The smallest absolute Gasteiger partial charge is 1.00 e. The molecule has 0 aliphatic carbocycles. The number of rotatable bonds is 3.